The first-order valence-corrected chi connectivity index (χ1v) is 17.4. The van der Waals surface area contributed by atoms with Gasteiger partial charge in [-0.15, -0.1) is 0 Å². The van der Waals surface area contributed by atoms with Crippen LogP contribution >= 0.6 is 0 Å². The Morgan fingerprint density at radius 1 is 0.360 bits per heavy atom. The summed E-state index contributed by atoms with van der Waals surface area (Å²) in [5.41, 5.74) is 16.0. The third-order valence-corrected chi connectivity index (χ3v) is 10.5. The number of hydrogen-bond acceptors (Lipinski definition) is 1. The number of nitrogens with zero attached hydrogens (tertiary/aromatic N) is 1. The van der Waals surface area contributed by atoms with E-state index in [9.17, 15) is 0 Å². The molecular formula is C49H37N. The Labute approximate surface area is 294 Å². The number of fused-ring (bicyclic) bond motifs is 4. The van der Waals surface area contributed by atoms with Gasteiger partial charge in [-0.1, -0.05) is 166 Å². The quantitative estimate of drug-likeness (QED) is 0.175. The molecule has 1 heteroatoms. The van der Waals surface area contributed by atoms with Gasteiger partial charge < -0.3 is 4.90 Å². The second-order valence-electron chi connectivity index (χ2n) is 13.8. The molecule has 0 aliphatic heterocycles. The van der Waals surface area contributed by atoms with Crippen molar-refractivity contribution in [2.24, 2.45) is 0 Å². The minimum absolute atomic E-state index is 0.0848. The van der Waals surface area contributed by atoms with E-state index in [0.717, 1.165) is 11.4 Å². The van der Waals surface area contributed by atoms with E-state index in [1.165, 1.54) is 72.1 Å². The van der Waals surface area contributed by atoms with Crippen molar-refractivity contribution in [2.45, 2.75) is 19.3 Å². The Morgan fingerprint density at radius 3 is 1.58 bits per heavy atom. The van der Waals surface area contributed by atoms with Gasteiger partial charge in [0.15, 0.2) is 0 Å². The van der Waals surface area contributed by atoms with E-state index in [2.05, 4.69) is 207 Å². The molecule has 0 spiro atoms. The SMILES string of the molecule is CC1(C)c2ccccc2-c2c(N(c3ccc(-c4ccc5ccccc5c4)cc3)c3ccc(-c4ccccc4-c4ccccc4)cc3)cccc21. The maximum absolute atomic E-state index is 2.44. The van der Waals surface area contributed by atoms with Gasteiger partial charge in [0.2, 0.25) is 0 Å². The van der Waals surface area contributed by atoms with Crippen LogP contribution in [0.25, 0.3) is 55.3 Å². The summed E-state index contributed by atoms with van der Waals surface area (Å²) < 4.78 is 0. The van der Waals surface area contributed by atoms with Crippen LogP contribution in [0, 0.1) is 0 Å². The molecule has 50 heavy (non-hydrogen) atoms. The number of benzene rings is 8. The van der Waals surface area contributed by atoms with Crippen molar-refractivity contribution >= 4 is 27.8 Å². The molecule has 0 heterocycles. The first-order chi connectivity index (χ1) is 24.6. The van der Waals surface area contributed by atoms with Crippen molar-refractivity contribution in [1.82, 2.24) is 0 Å². The van der Waals surface area contributed by atoms with Gasteiger partial charge in [-0.3, -0.25) is 0 Å². The van der Waals surface area contributed by atoms with Crippen LogP contribution in [0.3, 0.4) is 0 Å². The summed E-state index contributed by atoms with van der Waals surface area (Å²) >= 11 is 0. The molecule has 0 bridgehead atoms. The first-order valence-electron chi connectivity index (χ1n) is 17.4. The van der Waals surface area contributed by atoms with Gasteiger partial charge in [-0.2, -0.15) is 0 Å². The highest BCUT2D eigenvalue weighted by atomic mass is 15.1. The van der Waals surface area contributed by atoms with Gasteiger partial charge in [-0.25, -0.2) is 0 Å². The lowest BCUT2D eigenvalue weighted by Gasteiger charge is -2.29. The summed E-state index contributed by atoms with van der Waals surface area (Å²) in [5, 5.41) is 2.51. The number of anilines is 3. The average Bonchev–Trinajstić information content (AvgIpc) is 3.42. The highest BCUT2D eigenvalue weighted by Crippen LogP contribution is 2.54. The molecule has 0 N–H and O–H groups in total. The molecule has 0 saturated carbocycles. The first kappa shape index (κ1) is 29.9. The van der Waals surface area contributed by atoms with Gasteiger partial charge in [0.25, 0.3) is 0 Å². The van der Waals surface area contributed by atoms with Crippen molar-refractivity contribution in [1.29, 1.82) is 0 Å². The van der Waals surface area contributed by atoms with Crippen molar-refractivity contribution in [3.05, 3.63) is 199 Å². The van der Waals surface area contributed by atoms with Crippen LogP contribution in [0.5, 0.6) is 0 Å². The fourth-order valence-corrected chi connectivity index (χ4v) is 7.91. The number of hydrogen-bond donors (Lipinski definition) is 0. The van der Waals surface area contributed by atoms with Crippen LogP contribution < -0.4 is 4.90 Å². The van der Waals surface area contributed by atoms with Crippen LogP contribution in [0.4, 0.5) is 17.1 Å². The fourth-order valence-electron chi connectivity index (χ4n) is 7.91. The molecule has 0 unspecified atom stereocenters. The summed E-state index contributed by atoms with van der Waals surface area (Å²) in [6.45, 7) is 4.70. The largest absolute Gasteiger partial charge is 0.310 e. The molecule has 238 valence electrons. The molecule has 8 aromatic rings. The average molecular weight is 640 g/mol. The second-order valence-corrected chi connectivity index (χ2v) is 13.8. The van der Waals surface area contributed by atoms with Gasteiger partial charge >= 0.3 is 0 Å². The lowest BCUT2D eigenvalue weighted by molar-refractivity contribution is 0.660. The molecule has 1 aliphatic rings. The van der Waals surface area contributed by atoms with Crippen LogP contribution in [-0.2, 0) is 5.41 Å². The Kier molecular flexibility index (Phi) is 7.21. The van der Waals surface area contributed by atoms with Gasteiger partial charge in [0.1, 0.15) is 0 Å². The van der Waals surface area contributed by atoms with Crippen LogP contribution in [0.1, 0.15) is 25.0 Å². The van der Waals surface area contributed by atoms with Crippen molar-refractivity contribution in [3.63, 3.8) is 0 Å². The Bertz CT molecular complexity index is 2490. The highest BCUT2D eigenvalue weighted by molar-refractivity contribution is 5.96. The van der Waals surface area contributed by atoms with E-state index in [4.69, 9.17) is 0 Å². The summed E-state index contributed by atoms with van der Waals surface area (Å²) in [6.07, 6.45) is 0. The van der Waals surface area contributed by atoms with Gasteiger partial charge in [0, 0.05) is 22.4 Å². The van der Waals surface area contributed by atoms with Crippen LogP contribution in [0.2, 0.25) is 0 Å². The zero-order chi connectivity index (χ0) is 33.7. The summed E-state index contributed by atoms with van der Waals surface area (Å²) in [6, 6.07) is 68.6. The minimum atomic E-state index is -0.0848. The van der Waals surface area contributed by atoms with Crippen molar-refractivity contribution < 1.29 is 0 Å². The van der Waals surface area contributed by atoms with Crippen molar-refractivity contribution in [3.8, 4) is 44.5 Å². The van der Waals surface area contributed by atoms with E-state index in [0.29, 0.717) is 0 Å². The molecule has 0 fully saturated rings. The third kappa shape index (κ3) is 5.02. The Hall–Kier alpha value is -6.18. The van der Waals surface area contributed by atoms with Crippen LogP contribution in [-0.4, -0.2) is 0 Å². The topological polar surface area (TPSA) is 3.24 Å². The molecule has 0 aromatic heterocycles. The van der Waals surface area contributed by atoms with Crippen molar-refractivity contribution in [2.75, 3.05) is 4.90 Å². The second kappa shape index (κ2) is 12.1. The fraction of sp³-hybridized carbons (Fsp3) is 0.0612. The smallest absolute Gasteiger partial charge is 0.0543 e. The van der Waals surface area contributed by atoms with Gasteiger partial charge in [-0.05, 0) is 97.2 Å². The van der Waals surface area contributed by atoms with E-state index >= 15 is 0 Å². The molecule has 1 nitrogen and oxygen atoms in total. The molecule has 0 radical (unpaired) electrons. The predicted molar refractivity (Wildman–Crippen MR) is 213 cm³/mol. The standard InChI is InChI=1S/C49H37N/c1-49(2)45-20-11-10-19-44(45)48-46(49)21-12-22-47(48)50(40-29-25-35(26-30-40)39-24-23-34-13-6-7-16-38(34)33-39)41-31-27-37(28-32-41)43-18-9-8-17-42(43)36-14-4-3-5-15-36/h3-33H,1-2H3. The highest BCUT2D eigenvalue weighted by Gasteiger charge is 2.37. The Morgan fingerprint density at radius 2 is 0.880 bits per heavy atom. The Balaban J connectivity index is 1.18. The van der Waals surface area contributed by atoms with E-state index in [-0.39, 0.29) is 5.41 Å². The van der Waals surface area contributed by atoms with Gasteiger partial charge in [0.05, 0.1) is 5.69 Å². The molecule has 1 aliphatic carbocycles. The molecule has 8 aromatic carbocycles. The van der Waals surface area contributed by atoms with E-state index < -0.39 is 0 Å². The summed E-state index contributed by atoms with van der Waals surface area (Å²) in [5.74, 6) is 0. The lowest BCUT2D eigenvalue weighted by Crippen LogP contribution is -2.16. The molecule has 0 saturated heterocycles. The lowest BCUT2D eigenvalue weighted by atomic mass is 9.82. The van der Waals surface area contributed by atoms with E-state index in [1.54, 1.807) is 0 Å². The molecule has 9 rings (SSSR count). The normalized spacial score (nSPS) is 12.8. The summed E-state index contributed by atoms with van der Waals surface area (Å²) in [4.78, 5) is 2.44. The maximum Gasteiger partial charge on any atom is 0.0543 e. The zero-order valence-corrected chi connectivity index (χ0v) is 28.3. The molecular weight excluding hydrogens is 603 g/mol. The summed E-state index contributed by atoms with van der Waals surface area (Å²) in [7, 11) is 0. The molecule has 0 atom stereocenters. The predicted octanol–water partition coefficient (Wildman–Crippen LogP) is 13.6. The maximum atomic E-state index is 2.44. The minimum Gasteiger partial charge on any atom is -0.310 e. The van der Waals surface area contributed by atoms with E-state index in [1.807, 2.05) is 0 Å². The van der Waals surface area contributed by atoms with Crippen LogP contribution in [0.15, 0.2) is 188 Å². The molecule has 0 amide bonds. The zero-order valence-electron chi connectivity index (χ0n) is 28.3. The third-order valence-electron chi connectivity index (χ3n) is 10.5. The monoisotopic (exact) mass is 639 g/mol. The number of rotatable bonds is 6.